The predicted molar refractivity (Wildman–Crippen MR) is 154 cm³/mol. The highest BCUT2D eigenvalue weighted by molar-refractivity contribution is 7.99. The van der Waals surface area contributed by atoms with Crippen LogP contribution in [0.3, 0.4) is 0 Å². The summed E-state index contributed by atoms with van der Waals surface area (Å²) in [5.74, 6) is 0.776. The predicted octanol–water partition coefficient (Wildman–Crippen LogP) is 7.07. The molecule has 0 saturated carbocycles. The van der Waals surface area contributed by atoms with Crippen molar-refractivity contribution in [1.29, 1.82) is 0 Å². The first kappa shape index (κ1) is 25.7. The molecule has 5 rings (SSSR count). The van der Waals surface area contributed by atoms with Crippen molar-refractivity contribution < 1.29 is 4.79 Å². The molecule has 1 N–H and O–H groups in total. The number of fused-ring (bicyclic) bond motifs is 2. The van der Waals surface area contributed by atoms with Crippen LogP contribution in [0.2, 0.25) is 0 Å². The molecule has 0 aliphatic carbocycles. The summed E-state index contributed by atoms with van der Waals surface area (Å²) in [7, 11) is 0. The minimum atomic E-state index is -0.0137. The van der Waals surface area contributed by atoms with Crippen LogP contribution in [-0.4, -0.2) is 42.7 Å². The first-order valence-electron chi connectivity index (χ1n) is 13.6. The van der Waals surface area contributed by atoms with Gasteiger partial charge in [-0.1, -0.05) is 60.6 Å². The Morgan fingerprint density at radius 1 is 1.03 bits per heavy atom. The highest BCUT2D eigenvalue weighted by Gasteiger charge is 2.20. The van der Waals surface area contributed by atoms with Gasteiger partial charge in [0.15, 0.2) is 0 Å². The van der Waals surface area contributed by atoms with E-state index in [0.717, 1.165) is 54.7 Å². The van der Waals surface area contributed by atoms with Crippen molar-refractivity contribution in [2.45, 2.75) is 55.7 Å². The van der Waals surface area contributed by atoms with Gasteiger partial charge in [-0.05, 0) is 100 Å². The number of carbonyl (C=O) groups excluding carboxylic acids is 1. The van der Waals surface area contributed by atoms with Gasteiger partial charge in [0.2, 0.25) is 0 Å². The average molecular weight is 512 g/mol. The second-order valence-electron chi connectivity index (χ2n) is 10.3. The Bertz CT molecular complexity index is 1260. The molecule has 0 unspecified atom stereocenters. The Kier molecular flexibility index (Phi) is 8.42. The SMILES string of the molecule is CCC1=Nc2cc(C(=O)NCCCN3CCC(Cc4ccccc4)CC3)ccc2Sc2ccc(C)cc21. The highest BCUT2D eigenvalue weighted by atomic mass is 32.2. The first-order chi connectivity index (χ1) is 18.1. The molecule has 1 saturated heterocycles. The Hall–Kier alpha value is -2.89. The van der Waals surface area contributed by atoms with E-state index in [4.69, 9.17) is 4.99 Å². The van der Waals surface area contributed by atoms with Gasteiger partial charge in [-0.3, -0.25) is 9.79 Å². The molecule has 1 fully saturated rings. The molecule has 0 spiro atoms. The number of aryl methyl sites for hydroxylation is 1. The molecule has 0 bridgehead atoms. The third kappa shape index (κ3) is 6.52. The fourth-order valence-electron chi connectivity index (χ4n) is 5.35. The van der Waals surface area contributed by atoms with Crippen LogP contribution in [0.1, 0.15) is 59.7 Å². The molecule has 192 valence electrons. The number of likely N-dealkylation sites (tertiary alicyclic amines) is 1. The van der Waals surface area contributed by atoms with Crippen LogP contribution in [0.25, 0.3) is 0 Å². The lowest BCUT2D eigenvalue weighted by Gasteiger charge is -2.32. The highest BCUT2D eigenvalue weighted by Crippen LogP contribution is 2.41. The maximum atomic E-state index is 12.9. The Morgan fingerprint density at radius 2 is 1.81 bits per heavy atom. The number of piperidine rings is 1. The summed E-state index contributed by atoms with van der Waals surface area (Å²) in [5, 5.41) is 3.13. The van der Waals surface area contributed by atoms with Crippen LogP contribution in [0.15, 0.2) is 81.5 Å². The fraction of sp³-hybridized carbons (Fsp3) is 0.375. The van der Waals surface area contributed by atoms with E-state index in [1.54, 1.807) is 11.8 Å². The largest absolute Gasteiger partial charge is 0.352 e. The lowest BCUT2D eigenvalue weighted by atomic mass is 9.90. The molecule has 2 aliphatic heterocycles. The lowest BCUT2D eigenvalue weighted by Crippen LogP contribution is -2.36. The van der Waals surface area contributed by atoms with Crippen molar-refractivity contribution in [3.05, 3.63) is 89.0 Å². The maximum Gasteiger partial charge on any atom is 0.251 e. The van der Waals surface area contributed by atoms with E-state index >= 15 is 0 Å². The molecular formula is C32H37N3OS. The molecule has 3 aromatic carbocycles. The summed E-state index contributed by atoms with van der Waals surface area (Å²) in [5.41, 5.74) is 6.55. The van der Waals surface area contributed by atoms with Gasteiger partial charge in [0.1, 0.15) is 0 Å². The van der Waals surface area contributed by atoms with Crippen molar-refractivity contribution in [3.8, 4) is 0 Å². The number of nitrogens with zero attached hydrogens (tertiary/aromatic N) is 2. The van der Waals surface area contributed by atoms with Crippen LogP contribution in [0, 0.1) is 12.8 Å². The van der Waals surface area contributed by atoms with Crippen molar-refractivity contribution in [2.75, 3.05) is 26.2 Å². The Morgan fingerprint density at radius 3 is 2.59 bits per heavy atom. The number of nitrogens with one attached hydrogen (secondary N) is 1. The molecule has 1 amide bonds. The third-order valence-corrected chi connectivity index (χ3v) is 8.63. The second-order valence-corrected chi connectivity index (χ2v) is 11.4. The van der Waals surface area contributed by atoms with Gasteiger partial charge in [-0.2, -0.15) is 0 Å². The van der Waals surface area contributed by atoms with Gasteiger partial charge in [0.25, 0.3) is 5.91 Å². The van der Waals surface area contributed by atoms with E-state index in [1.807, 2.05) is 18.2 Å². The molecule has 2 aliphatic rings. The molecule has 4 nitrogen and oxygen atoms in total. The quantitative estimate of drug-likeness (QED) is 0.329. The van der Waals surface area contributed by atoms with Crippen molar-refractivity contribution in [1.82, 2.24) is 10.2 Å². The number of hydrogen-bond acceptors (Lipinski definition) is 4. The number of benzene rings is 3. The van der Waals surface area contributed by atoms with E-state index in [0.29, 0.717) is 12.1 Å². The molecule has 3 aromatic rings. The van der Waals surface area contributed by atoms with Crippen LogP contribution < -0.4 is 5.32 Å². The first-order valence-corrected chi connectivity index (χ1v) is 14.5. The van der Waals surface area contributed by atoms with Crippen molar-refractivity contribution in [2.24, 2.45) is 10.9 Å². The van der Waals surface area contributed by atoms with Gasteiger partial charge in [0.05, 0.1) is 5.69 Å². The van der Waals surface area contributed by atoms with Gasteiger partial charge >= 0.3 is 0 Å². The van der Waals surface area contributed by atoms with Gasteiger partial charge < -0.3 is 10.2 Å². The molecule has 5 heteroatoms. The van der Waals surface area contributed by atoms with Gasteiger partial charge in [-0.15, -0.1) is 0 Å². The fourth-order valence-corrected chi connectivity index (χ4v) is 6.36. The number of rotatable bonds is 8. The minimum Gasteiger partial charge on any atom is -0.352 e. The maximum absolute atomic E-state index is 12.9. The van der Waals surface area contributed by atoms with Crippen molar-refractivity contribution >= 4 is 29.1 Å². The summed E-state index contributed by atoms with van der Waals surface area (Å²) in [6.07, 6.45) is 5.55. The monoisotopic (exact) mass is 511 g/mol. The standard InChI is InChI=1S/C32H37N3OS/c1-3-28-27-20-23(2)10-12-30(27)37-31-13-11-26(22-29(31)34-28)32(36)33-16-7-17-35-18-14-25(15-19-35)21-24-8-5-4-6-9-24/h4-6,8-13,20,22,25H,3,7,14-19,21H2,1-2H3,(H,33,36). The van der Waals surface area contributed by atoms with Crippen molar-refractivity contribution in [3.63, 3.8) is 0 Å². The van der Waals surface area contributed by atoms with Crippen LogP contribution in [0.4, 0.5) is 5.69 Å². The second kappa shape index (κ2) is 12.1. The van der Waals surface area contributed by atoms with Gasteiger partial charge in [0, 0.05) is 33.2 Å². The van der Waals surface area contributed by atoms with E-state index in [2.05, 4.69) is 72.6 Å². The number of amides is 1. The normalized spacial score (nSPS) is 15.9. The number of hydrogen-bond donors (Lipinski definition) is 1. The molecular weight excluding hydrogens is 474 g/mol. The van der Waals surface area contributed by atoms with E-state index in [9.17, 15) is 4.79 Å². The minimum absolute atomic E-state index is 0.0137. The zero-order valence-electron chi connectivity index (χ0n) is 22.0. The molecule has 37 heavy (non-hydrogen) atoms. The zero-order chi connectivity index (χ0) is 25.6. The smallest absolute Gasteiger partial charge is 0.251 e. The molecule has 0 radical (unpaired) electrons. The van der Waals surface area contributed by atoms with E-state index < -0.39 is 0 Å². The number of carbonyl (C=O) groups is 1. The summed E-state index contributed by atoms with van der Waals surface area (Å²) < 4.78 is 0. The Balaban J connectivity index is 1.11. The summed E-state index contributed by atoms with van der Waals surface area (Å²) >= 11 is 1.74. The summed E-state index contributed by atoms with van der Waals surface area (Å²) in [4.78, 5) is 22.8. The molecule has 0 atom stereocenters. The third-order valence-electron chi connectivity index (χ3n) is 7.49. The average Bonchev–Trinajstić information content (AvgIpc) is 3.08. The topological polar surface area (TPSA) is 44.7 Å². The van der Waals surface area contributed by atoms with E-state index in [1.165, 1.54) is 40.8 Å². The van der Waals surface area contributed by atoms with Crippen LogP contribution in [-0.2, 0) is 6.42 Å². The number of aliphatic imine (C=N–C) groups is 1. The van der Waals surface area contributed by atoms with Gasteiger partial charge in [-0.25, -0.2) is 0 Å². The molecule has 0 aromatic heterocycles. The summed E-state index contributed by atoms with van der Waals surface area (Å²) in [6.45, 7) is 8.32. The Labute approximate surface area is 225 Å². The summed E-state index contributed by atoms with van der Waals surface area (Å²) in [6, 6.07) is 23.3. The van der Waals surface area contributed by atoms with E-state index in [-0.39, 0.29) is 5.91 Å². The van der Waals surface area contributed by atoms with Crippen LogP contribution in [0.5, 0.6) is 0 Å². The van der Waals surface area contributed by atoms with Crippen LogP contribution >= 0.6 is 11.8 Å². The lowest BCUT2D eigenvalue weighted by molar-refractivity contribution is 0.0950. The molecule has 2 heterocycles. The zero-order valence-corrected chi connectivity index (χ0v) is 22.8.